The van der Waals surface area contributed by atoms with Crippen LogP contribution in [0.4, 0.5) is 13.2 Å². The van der Waals surface area contributed by atoms with E-state index in [0.717, 1.165) is 12.1 Å². The molecule has 0 saturated carbocycles. The van der Waals surface area contributed by atoms with Gasteiger partial charge >= 0.3 is 12.6 Å². The van der Waals surface area contributed by atoms with E-state index in [1.54, 1.807) is 0 Å². The number of para-hydroxylation sites is 1. The van der Waals surface area contributed by atoms with Crippen LogP contribution in [0.5, 0.6) is 11.5 Å². The molecule has 0 unspecified atom stereocenters. The summed E-state index contributed by atoms with van der Waals surface area (Å²) in [7, 11) is 1.29. The molecule has 0 saturated heterocycles. The highest BCUT2D eigenvalue weighted by Gasteiger charge is 2.14. The Morgan fingerprint density at radius 3 is 2.56 bits per heavy atom. The molecule has 0 aromatic heterocycles. The van der Waals surface area contributed by atoms with Crippen LogP contribution in [0.1, 0.15) is 15.9 Å². The lowest BCUT2D eigenvalue weighted by molar-refractivity contribution is -0.136. The second-order valence-corrected chi connectivity index (χ2v) is 5.13. The molecule has 0 N–H and O–H groups in total. The third-order valence-electron chi connectivity index (χ3n) is 3.33. The lowest BCUT2D eigenvalue weighted by Gasteiger charge is -2.12. The summed E-state index contributed by atoms with van der Waals surface area (Å²) >= 11 is 0. The number of hydrogen-bond acceptors (Lipinski definition) is 5. The smallest absolute Gasteiger partial charge is 0.387 e. The number of benzene rings is 2. The van der Waals surface area contributed by atoms with Gasteiger partial charge in [-0.25, -0.2) is 9.18 Å². The van der Waals surface area contributed by atoms with E-state index in [0.29, 0.717) is 0 Å². The molecule has 0 atom stereocenters. The Bertz CT molecular complexity index is 849. The minimum atomic E-state index is -3.08. The minimum absolute atomic E-state index is 0.0621. The molecule has 2 rings (SSSR count). The summed E-state index contributed by atoms with van der Waals surface area (Å²) in [6.45, 7) is -3.67. The lowest BCUT2D eigenvalue weighted by atomic mass is 10.1. The summed E-state index contributed by atoms with van der Waals surface area (Å²) < 4.78 is 52.3. The fraction of sp³-hybridized carbons (Fsp3) is 0.158. The number of rotatable bonds is 8. The van der Waals surface area contributed by atoms with Gasteiger partial charge in [0.05, 0.1) is 7.11 Å². The summed E-state index contributed by atoms with van der Waals surface area (Å²) in [6, 6.07) is 9.33. The molecule has 27 heavy (non-hydrogen) atoms. The van der Waals surface area contributed by atoms with E-state index in [-0.39, 0.29) is 22.6 Å². The van der Waals surface area contributed by atoms with Gasteiger partial charge in [-0.3, -0.25) is 4.79 Å². The first-order valence-electron chi connectivity index (χ1n) is 7.66. The molecule has 0 aliphatic heterocycles. The summed E-state index contributed by atoms with van der Waals surface area (Å²) in [5.41, 5.74) is 0.218. The van der Waals surface area contributed by atoms with Crippen LogP contribution in [0, 0.1) is 5.82 Å². The Morgan fingerprint density at radius 2 is 1.89 bits per heavy atom. The van der Waals surface area contributed by atoms with E-state index in [1.807, 2.05) is 0 Å². The van der Waals surface area contributed by atoms with Gasteiger partial charge in [0.1, 0.15) is 5.82 Å². The van der Waals surface area contributed by atoms with E-state index in [2.05, 4.69) is 4.74 Å². The van der Waals surface area contributed by atoms with Crippen LogP contribution in [-0.2, 0) is 9.53 Å². The molecule has 0 heterocycles. The molecule has 142 valence electrons. The second-order valence-electron chi connectivity index (χ2n) is 5.13. The van der Waals surface area contributed by atoms with Crippen molar-refractivity contribution in [3.63, 3.8) is 0 Å². The number of ether oxygens (including phenoxy) is 3. The second kappa shape index (κ2) is 9.42. The van der Waals surface area contributed by atoms with Crippen molar-refractivity contribution in [2.75, 3.05) is 13.7 Å². The topological polar surface area (TPSA) is 61.8 Å². The number of esters is 1. The van der Waals surface area contributed by atoms with Gasteiger partial charge in [-0.1, -0.05) is 24.3 Å². The van der Waals surface area contributed by atoms with Crippen molar-refractivity contribution in [2.45, 2.75) is 6.61 Å². The fourth-order valence-electron chi connectivity index (χ4n) is 2.13. The molecule has 0 bridgehead atoms. The van der Waals surface area contributed by atoms with Gasteiger partial charge in [0, 0.05) is 17.2 Å². The van der Waals surface area contributed by atoms with E-state index >= 15 is 0 Å². The highest BCUT2D eigenvalue weighted by atomic mass is 19.3. The molecule has 0 amide bonds. The highest BCUT2D eigenvalue weighted by molar-refractivity contribution is 5.98. The zero-order chi connectivity index (χ0) is 19.8. The lowest BCUT2D eigenvalue weighted by Crippen LogP contribution is -2.12. The molecule has 5 nitrogen and oxygen atoms in total. The predicted octanol–water partition coefficient (Wildman–Crippen LogP) is 3.88. The maximum atomic E-state index is 13.1. The van der Waals surface area contributed by atoms with Crippen molar-refractivity contribution >= 4 is 17.8 Å². The molecular weight excluding hydrogens is 365 g/mol. The van der Waals surface area contributed by atoms with Crippen LogP contribution in [0.15, 0.2) is 48.5 Å². The van der Waals surface area contributed by atoms with Gasteiger partial charge in [-0.15, -0.1) is 0 Å². The first-order chi connectivity index (χ1) is 12.9. The normalized spacial score (nSPS) is 10.9. The monoisotopic (exact) mass is 380 g/mol. The molecule has 0 radical (unpaired) electrons. The number of carbonyl (C=O) groups is 2. The van der Waals surface area contributed by atoms with E-state index in [4.69, 9.17) is 9.47 Å². The minimum Gasteiger partial charge on any atom is -0.493 e. The zero-order valence-corrected chi connectivity index (χ0v) is 14.2. The summed E-state index contributed by atoms with van der Waals surface area (Å²) in [5, 5.41) is 0. The van der Waals surface area contributed by atoms with E-state index in [9.17, 15) is 22.8 Å². The van der Waals surface area contributed by atoms with Crippen LogP contribution in [0.25, 0.3) is 6.08 Å². The van der Waals surface area contributed by atoms with Gasteiger partial charge in [0.15, 0.2) is 23.9 Å². The predicted molar refractivity (Wildman–Crippen MR) is 90.3 cm³/mol. The zero-order valence-electron chi connectivity index (χ0n) is 14.2. The molecular formula is C19H15F3O5. The number of carbonyl (C=O) groups excluding carboxylic acids is 2. The fourth-order valence-corrected chi connectivity index (χ4v) is 2.13. The number of methoxy groups -OCH3 is 1. The van der Waals surface area contributed by atoms with Crippen LogP contribution < -0.4 is 9.47 Å². The van der Waals surface area contributed by atoms with Crippen molar-refractivity contribution < 1.29 is 37.0 Å². The first-order valence-corrected chi connectivity index (χ1v) is 7.66. The van der Waals surface area contributed by atoms with Gasteiger partial charge in [-0.05, 0) is 24.3 Å². The van der Waals surface area contributed by atoms with Crippen LogP contribution >= 0.6 is 0 Å². The van der Waals surface area contributed by atoms with Crippen molar-refractivity contribution in [3.8, 4) is 11.5 Å². The number of hydrogen-bond donors (Lipinski definition) is 0. The van der Waals surface area contributed by atoms with Gasteiger partial charge < -0.3 is 14.2 Å². The average Bonchev–Trinajstić information content (AvgIpc) is 2.64. The molecule has 0 aliphatic rings. The Kier molecular flexibility index (Phi) is 6.99. The maximum absolute atomic E-state index is 13.1. The van der Waals surface area contributed by atoms with Crippen LogP contribution in [-0.4, -0.2) is 32.1 Å². The SMILES string of the molecule is COc1cccc(/C=C/C(=O)OCC(=O)c2cccc(F)c2)c1OC(F)F. The third-order valence-corrected chi connectivity index (χ3v) is 3.33. The standard InChI is InChI=1S/C19H15F3O5/c1-25-16-7-3-4-12(18(16)27-19(21)22)8-9-17(24)26-11-15(23)13-5-2-6-14(20)10-13/h2-10,19H,11H2,1H3/b9-8+. The molecule has 0 aliphatic carbocycles. The van der Waals surface area contributed by atoms with Gasteiger partial charge in [-0.2, -0.15) is 8.78 Å². The molecule has 0 fully saturated rings. The summed E-state index contributed by atoms with van der Waals surface area (Å²) in [6.07, 6.45) is 2.14. The Labute approximate surface area is 153 Å². The molecule has 2 aromatic carbocycles. The molecule has 2 aromatic rings. The van der Waals surface area contributed by atoms with Crippen molar-refractivity contribution in [2.24, 2.45) is 0 Å². The first kappa shape index (κ1) is 20.0. The Hall–Kier alpha value is -3.29. The maximum Gasteiger partial charge on any atom is 0.387 e. The van der Waals surface area contributed by atoms with E-state index in [1.165, 1.54) is 49.6 Å². The van der Waals surface area contributed by atoms with Crippen LogP contribution in [0.2, 0.25) is 0 Å². The summed E-state index contributed by atoms with van der Waals surface area (Å²) in [4.78, 5) is 23.6. The number of Topliss-reactive ketones (excluding diaryl/α,β-unsaturated/α-hetero) is 1. The van der Waals surface area contributed by atoms with Crippen LogP contribution in [0.3, 0.4) is 0 Å². The largest absolute Gasteiger partial charge is 0.493 e. The van der Waals surface area contributed by atoms with Gasteiger partial charge in [0.25, 0.3) is 0 Å². The highest BCUT2D eigenvalue weighted by Crippen LogP contribution is 2.33. The third kappa shape index (κ3) is 5.88. The average molecular weight is 380 g/mol. The van der Waals surface area contributed by atoms with Crippen molar-refractivity contribution in [3.05, 3.63) is 65.5 Å². The van der Waals surface area contributed by atoms with Crippen molar-refractivity contribution in [1.29, 1.82) is 0 Å². The number of halogens is 3. The Balaban J connectivity index is 2.03. The molecule has 0 spiro atoms. The quantitative estimate of drug-likeness (QED) is 0.395. The summed E-state index contributed by atoms with van der Waals surface area (Å²) in [5.74, 6) is -2.23. The van der Waals surface area contributed by atoms with Crippen molar-refractivity contribution in [1.82, 2.24) is 0 Å². The number of ketones is 1. The van der Waals surface area contributed by atoms with E-state index < -0.39 is 30.8 Å². The Morgan fingerprint density at radius 1 is 1.15 bits per heavy atom. The van der Waals surface area contributed by atoms with Gasteiger partial charge in [0.2, 0.25) is 0 Å². The molecule has 8 heteroatoms. The number of alkyl halides is 2.